The van der Waals surface area contributed by atoms with Gasteiger partial charge >= 0.3 is 0 Å². The van der Waals surface area contributed by atoms with Crippen LogP contribution in [0.5, 0.6) is 5.75 Å². The van der Waals surface area contributed by atoms with Gasteiger partial charge < -0.3 is 14.6 Å². The second kappa shape index (κ2) is 7.78. The minimum absolute atomic E-state index is 0.388. The molecule has 2 aromatic rings. The molecular formula is C16H23N3O2. The summed E-state index contributed by atoms with van der Waals surface area (Å²) in [5.74, 6) is 2.07. The van der Waals surface area contributed by atoms with Crippen molar-refractivity contribution in [1.82, 2.24) is 15.5 Å². The van der Waals surface area contributed by atoms with E-state index in [0.717, 1.165) is 37.1 Å². The number of methoxy groups -OCH3 is 1. The Bertz CT molecular complexity index is 548. The summed E-state index contributed by atoms with van der Waals surface area (Å²) in [6, 6.07) is 8.06. The van der Waals surface area contributed by atoms with Crippen LogP contribution in [0.25, 0.3) is 11.4 Å². The molecule has 5 heteroatoms. The van der Waals surface area contributed by atoms with Gasteiger partial charge in [-0.1, -0.05) is 37.6 Å². The Hall–Kier alpha value is -1.88. The van der Waals surface area contributed by atoms with E-state index in [2.05, 4.69) is 29.3 Å². The SMILES string of the molecule is CCCC(Cc1nc(-c2cccc(OC)c2)no1)NCC. The van der Waals surface area contributed by atoms with Crippen LogP contribution >= 0.6 is 0 Å². The number of hydrogen-bond acceptors (Lipinski definition) is 5. The molecule has 0 bridgehead atoms. The van der Waals surface area contributed by atoms with Crippen LogP contribution < -0.4 is 10.1 Å². The average Bonchev–Trinajstić information content (AvgIpc) is 2.96. The zero-order chi connectivity index (χ0) is 15.1. The molecule has 21 heavy (non-hydrogen) atoms. The third-order valence-corrected chi connectivity index (χ3v) is 3.35. The highest BCUT2D eigenvalue weighted by Crippen LogP contribution is 2.21. The van der Waals surface area contributed by atoms with Crippen molar-refractivity contribution in [3.63, 3.8) is 0 Å². The fourth-order valence-electron chi connectivity index (χ4n) is 2.34. The Morgan fingerprint density at radius 1 is 1.33 bits per heavy atom. The molecule has 1 aromatic carbocycles. The molecule has 2 rings (SSSR count). The molecule has 5 nitrogen and oxygen atoms in total. The first-order valence-electron chi connectivity index (χ1n) is 7.47. The van der Waals surface area contributed by atoms with Crippen molar-refractivity contribution in [2.45, 2.75) is 39.2 Å². The van der Waals surface area contributed by atoms with E-state index in [9.17, 15) is 0 Å². The van der Waals surface area contributed by atoms with Gasteiger partial charge in [-0.05, 0) is 25.1 Å². The first-order valence-corrected chi connectivity index (χ1v) is 7.47. The smallest absolute Gasteiger partial charge is 0.228 e. The van der Waals surface area contributed by atoms with Crippen LogP contribution in [0.1, 0.15) is 32.6 Å². The maximum absolute atomic E-state index is 5.37. The van der Waals surface area contributed by atoms with Crippen molar-refractivity contribution in [1.29, 1.82) is 0 Å². The quantitative estimate of drug-likeness (QED) is 0.809. The van der Waals surface area contributed by atoms with Gasteiger partial charge in [0.25, 0.3) is 0 Å². The van der Waals surface area contributed by atoms with E-state index in [1.165, 1.54) is 0 Å². The molecule has 0 aliphatic rings. The number of aromatic nitrogens is 2. The van der Waals surface area contributed by atoms with Gasteiger partial charge in [0.2, 0.25) is 11.7 Å². The van der Waals surface area contributed by atoms with E-state index in [1.807, 2.05) is 24.3 Å². The lowest BCUT2D eigenvalue weighted by Crippen LogP contribution is -2.30. The number of ether oxygens (including phenoxy) is 1. The molecular weight excluding hydrogens is 266 g/mol. The van der Waals surface area contributed by atoms with Crippen LogP contribution in [-0.4, -0.2) is 29.8 Å². The van der Waals surface area contributed by atoms with Crippen molar-refractivity contribution in [3.05, 3.63) is 30.2 Å². The van der Waals surface area contributed by atoms with Crippen molar-refractivity contribution in [3.8, 4) is 17.1 Å². The molecule has 114 valence electrons. The maximum atomic E-state index is 5.37. The van der Waals surface area contributed by atoms with Crippen LogP contribution in [0.2, 0.25) is 0 Å². The summed E-state index contributed by atoms with van der Waals surface area (Å²) < 4.78 is 10.6. The van der Waals surface area contributed by atoms with E-state index in [1.54, 1.807) is 7.11 Å². The van der Waals surface area contributed by atoms with Crippen LogP contribution in [0.15, 0.2) is 28.8 Å². The average molecular weight is 289 g/mol. The summed E-state index contributed by atoms with van der Waals surface area (Å²) in [7, 11) is 1.65. The first kappa shape index (κ1) is 15.5. The van der Waals surface area contributed by atoms with Gasteiger partial charge in [0, 0.05) is 18.0 Å². The molecule has 0 saturated heterocycles. The molecule has 0 fully saturated rings. The van der Waals surface area contributed by atoms with Crippen LogP contribution in [0.4, 0.5) is 0 Å². The molecule has 1 heterocycles. The summed E-state index contributed by atoms with van der Waals surface area (Å²) in [6.07, 6.45) is 3.00. The summed E-state index contributed by atoms with van der Waals surface area (Å²) >= 11 is 0. The topological polar surface area (TPSA) is 60.2 Å². The molecule has 1 atom stereocenters. The van der Waals surface area contributed by atoms with Gasteiger partial charge in [0.1, 0.15) is 5.75 Å². The summed E-state index contributed by atoms with van der Waals surface area (Å²) in [6.45, 7) is 5.24. The zero-order valence-electron chi connectivity index (χ0n) is 12.9. The number of likely N-dealkylation sites (N-methyl/N-ethyl adjacent to an activating group) is 1. The van der Waals surface area contributed by atoms with Crippen molar-refractivity contribution < 1.29 is 9.26 Å². The Labute approximate surface area is 125 Å². The maximum Gasteiger partial charge on any atom is 0.228 e. The molecule has 0 radical (unpaired) electrons. The minimum Gasteiger partial charge on any atom is -0.497 e. The van der Waals surface area contributed by atoms with Crippen LogP contribution in [0, 0.1) is 0 Å². The lowest BCUT2D eigenvalue weighted by Gasteiger charge is -2.14. The normalized spacial score (nSPS) is 12.3. The second-order valence-corrected chi connectivity index (χ2v) is 4.99. The molecule has 0 spiro atoms. The monoisotopic (exact) mass is 289 g/mol. The molecule has 0 aliphatic carbocycles. The minimum atomic E-state index is 0.388. The summed E-state index contributed by atoms with van der Waals surface area (Å²) in [5, 5.41) is 7.52. The largest absolute Gasteiger partial charge is 0.497 e. The first-order chi connectivity index (χ1) is 10.3. The zero-order valence-corrected chi connectivity index (χ0v) is 12.9. The van der Waals surface area contributed by atoms with Gasteiger partial charge in [-0.15, -0.1) is 0 Å². The predicted octanol–water partition coefficient (Wildman–Crippen LogP) is 3.07. The summed E-state index contributed by atoms with van der Waals surface area (Å²) in [5.41, 5.74) is 0.903. The van der Waals surface area contributed by atoms with Crippen molar-refractivity contribution >= 4 is 0 Å². The second-order valence-electron chi connectivity index (χ2n) is 4.99. The fourth-order valence-corrected chi connectivity index (χ4v) is 2.34. The van der Waals surface area contributed by atoms with E-state index in [0.29, 0.717) is 17.8 Å². The molecule has 0 amide bonds. The van der Waals surface area contributed by atoms with Gasteiger partial charge in [-0.2, -0.15) is 4.98 Å². The molecule has 0 aliphatic heterocycles. The predicted molar refractivity (Wildman–Crippen MR) is 82.4 cm³/mol. The van der Waals surface area contributed by atoms with Gasteiger partial charge in [0.15, 0.2) is 0 Å². The van der Waals surface area contributed by atoms with Crippen molar-refractivity contribution in [2.24, 2.45) is 0 Å². The number of hydrogen-bond donors (Lipinski definition) is 1. The third-order valence-electron chi connectivity index (χ3n) is 3.35. The summed E-state index contributed by atoms with van der Waals surface area (Å²) in [4.78, 5) is 4.49. The third kappa shape index (κ3) is 4.29. The Morgan fingerprint density at radius 3 is 2.90 bits per heavy atom. The van der Waals surface area contributed by atoms with Crippen molar-refractivity contribution in [2.75, 3.05) is 13.7 Å². The highest BCUT2D eigenvalue weighted by molar-refractivity contribution is 5.56. The number of nitrogens with zero attached hydrogens (tertiary/aromatic N) is 2. The highest BCUT2D eigenvalue weighted by atomic mass is 16.5. The number of nitrogens with one attached hydrogen (secondary N) is 1. The van der Waals surface area contributed by atoms with E-state index < -0.39 is 0 Å². The van der Waals surface area contributed by atoms with E-state index in [-0.39, 0.29) is 0 Å². The lowest BCUT2D eigenvalue weighted by atomic mass is 10.1. The Morgan fingerprint density at radius 2 is 2.19 bits per heavy atom. The number of benzene rings is 1. The Balaban J connectivity index is 2.09. The molecule has 1 N–H and O–H groups in total. The Kier molecular flexibility index (Phi) is 5.75. The highest BCUT2D eigenvalue weighted by Gasteiger charge is 2.14. The molecule has 0 saturated carbocycles. The molecule has 1 unspecified atom stereocenters. The van der Waals surface area contributed by atoms with E-state index >= 15 is 0 Å². The fraction of sp³-hybridized carbons (Fsp3) is 0.500. The van der Waals surface area contributed by atoms with Crippen LogP contribution in [-0.2, 0) is 6.42 Å². The van der Waals surface area contributed by atoms with Gasteiger partial charge in [-0.25, -0.2) is 0 Å². The standard InChI is InChI=1S/C16H23N3O2/c1-4-7-13(17-5-2)11-15-18-16(19-21-15)12-8-6-9-14(10-12)20-3/h6,8-10,13,17H,4-5,7,11H2,1-3H3. The van der Waals surface area contributed by atoms with Gasteiger partial charge in [0.05, 0.1) is 7.11 Å². The lowest BCUT2D eigenvalue weighted by molar-refractivity contribution is 0.352. The van der Waals surface area contributed by atoms with E-state index in [4.69, 9.17) is 9.26 Å². The number of rotatable bonds is 8. The molecule has 1 aromatic heterocycles. The van der Waals surface area contributed by atoms with Crippen LogP contribution in [0.3, 0.4) is 0 Å². The van der Waals surface area contributed by atoms with Gasteiger partial charge in [-0.3, -0.25) is 0 Å².